The molecule has 0 atom stereocenters. The maximum absolute atomic E-state index is 12.5. The summed E-state index contributed by atoms with van der Waals surface area (Å²) in [6.45, 7) is 11.3. The van der Waals surface area contributed by atoms with Crippen molar-refractivity contribution in [2.24, 2.45) is 5.92 Å². The van der Waals surface area contributed by atoms with Gasteiger partial charge in [0.2, 0.25) is 0 Å². The molecule has 0 N–H and O–H groups in total. The van der Waals surface area contributed by atoms with Crippen molar-refractivity contribution < 1.29 is 0 Å². The van der Waals surface area contributed by atoms with E-state index >= 15 is 0 Å². The average molecular weight is 308 g/mol. The molecule has 1 heterocycles. The summed E-state index contributed by atoms with van der Waals surface area (Å²) in [7, 11) is 0. The molecule has 0 amide bonds. The molecule has 0 unspecified atom stereocenters. The number of pyridine rings is 1. The Hall–Kier alpha value is -2.34. The molecule has 3 nitrogen and oxygen atoms in total. The Balaban J connectivity index is 2.57. The van der Waals surface area contributed by atoms with Crippen LogP contribution in [0.1, 0.15) is 45.7 Å². The molecule has 1 aromatic heterocycles. The fourth-order valence-corrected chi connectivity index (χ4v) is 2.60. The summed E-state index contributed by atoms with van der Waals surface area (Å²) in [5.74, 6) is 0.328. The van der Waals surface area contributed by atoms with Gasteiger partial charge >= 0.3 is 0 Å². The zero-order valence-corrected chi connectivity index (χ0v) is 14.6. The second-order valence-electron chi connectivity index (χ2n) is 7.38. The topological polar surface area (TPSA) is 45.8 Å². The van der Waals surface area contributed by atoms with Gasteiger partial charge in [0.1, 0.15) is 11.6 Å². The first kappa shape index (κ1) is 17.0. The third kappa shape index (κ3) is 3.71. The van der Waals surface area contributed by atoms with E-state index < -0.39 is 0 Å². The highest BCUT2D eigenvalue weighted by Crippen LogP contribution is 2.26. The second-order valence-corrected chi connectivity index (χ2v) is 7.38. The van der Waals surface area contributed by atoms with Crippen LogP contribution in [-0.2, 0) is 12.0 Å². The standard InChI is InChI=1S/C20H24N2O/c1-14(2)13-22-18(11-8-16(12-21)19(22)23)15-6-9-17(10-7-15)20(3,4)5/h6-11,14H,13H2,1-5H3. The van der Waals surface area contributed by atoms with E-state index in [1.165, 1.54) is 5.56 Å². The van der Waals surface area contributed by atoms with Crippen LogP contribution in [0.2, 0.25) is 0 Å². The van der Waals surface area contributed by atoms with Crippen molar-refractivity contribution in [3.8, 4) is 17.3 Å². The Bertz CT molecular complexity index is 784. The number of nitriles is 1. The molecule has 2 rings (SSSR count). The van der Waals surface area contributed by atoms with Gasteiger partial charge in [-0.05, 0) is 34.6 Å². The monoisotopic (exact) mass is 308 g/mol. The molecule has 0 aliphatic carbocycles. The molecule has 0 radical (unpaired) electrons. The van der Waals surface area contributed by atoms with Crippen LogP contribution in [0, 0.1) is 17.2 Å². The average Bonchev–Trinajstić information content (AvgIpc) is 2.48. The molecule has 0 aliphatic rings. The molecule has 3 heteroatoms. The molecule has 0 fully saturated rings. The van der Waals surface area contributed by atoms with Crippen molar-refractivity contribution in [1.82, 2.24) is 4.57 Å². The molecule has 0 saturated heterocycles. The zero-order valence-electron chi connectivity index (χ0n) is 14.6. The lowest BCUT2D eigenvalue weighted by atomic mass is 9.86. The Morgan fingerprint density at radius 2 is 1.70 bits per heavy atom. The number of aromatic nitrogens is 1. The number of nitrogens with zero attached hydrogens (tertiary/aromatic N) is 2. The third-order valence-electron chi connectivity index (χ3n) is 3.89. The number of hydrogen-bond donors (Lipinski definition) is 0. The lowest BCUT2D eigenvalue weighted by Crippen LogP contribution is -2.26. The van der Waals surface area contributed by atoms with Crippen molar-refractivity contribution in [3.63, 3.8) is 0 Å². The van der Waals surface area contributed by atoms with E-state index in [1.54, 1.807) is 10.6 Å². The molecule has 120 valence electrons. The number of rotatable bonds is 3. The first-order chi connectivity index (χ1) is 10.7. The second kappa shape index (κ2) is 6.42. The predicted molar refractivity (Wildman–Crippen MR) is 94.4 cm³/mol. The van der Waals surface area contributed by atoms with Gasteiger partial charge in [0.15, 0.2) is 0 Å². The normalized spacial score (nSPS) is 11.5. The zero-order chi connectivity index (χ0) is 17.2. The summed E-state index contributed by atoms with van der Waals surface area (Å²) in [6, 6.07) is 13.8. The highest BCUT2D eigenvalue weighted by molar-refractivity contribution is 5.61. The molecular formula is C20H24N2O. The van der Waals surface area contributed by atoms with E-state index in [0.717, 1.165) is 11.3 Å². The van der Waals surface area contributed by atoms with Gasteiger partial charge in [-0.2, -0.15) is 5.26 Å². The molecule has 0 bridgehead atoms. The largest absolute Gasteiger partial charge is 0.307 e. The van der Waals surface area contributed by atoms with Crippen LogP contribution in [0.15, 0.2) is 41.2 Å². The van der Waals surface area contributed by atoms with Crippen molar-refractivity contribution in [2.75, 3.05) is 0 Å². The summed E-state index contributed by atoms with van der Waals surface area (Å²) >= 11 is 0. The van der Waals surface area contributed by atoms with E-state index in [9.17, 15) is 4.79 Å². The molecule has 1 aromatic carbocycles. The highest BCUT2D eigenvalue weighted by atomic mass is 16.1. The lowest BCUT2D eigenvalue weighted by Gasteiger charge is -2.20. The summed E-state index contributed by atoms with van der Waals surface area (Å²) < 4.78 is 1.72. The van der Waals surface area contributed by atoms with Gasteiger partial charge < -0.3 is 4.57 Å². The number of hydrogen-bond acceptors (Lipinski definition) is 2. The molecule has 23 heavy (non-hydrogen) atoms. The van der Waals surface area contributed by atoms with Crippen LogP contribution < -0.4 is 5.56 Å². The minimum absolute atomic E-state index is 0.0980. The maximum atomic E-state index is 12.5. The lowest BCUT2D eigenvalue weighted by molar-refractivity contribution is 0.514. The maximum Gasteiger partial charge on any atom is 0.268 e. The predicted octanol–water partition coefficient (Wildman–Crippen LogP) is 4.34. The molecule has 0 aliphatic heterocycles. The van der Waals surface area contributed by atoms with Crippen molar-refractivity contribution in [2.45, 2.75) is 46.6 Å². The Morgan fingerprint density at radius 3 is 2.17 bits per heavy atom. The smallest absolute Gasteiger partial charge is 0.268 e. The van der Waals surface area contributed by atoms with Gasteiger partial charge in [-0.1, -0.05) is 58.9 Å². The van der Waals surface area contributed by atoms with Gasteiger partial charge in [0.25, 0.3) is 5.56 Å². The van der Waals surface area contributed by atoms with Crippen LogP contribution in [-0.4, -0.2) is 4.57 Å². The van der Waals surface area contributed by atoms with Crippen molar-refractivity contribution in [3.05, 3.63) is 57.9 Å². The van der Waals surface area contributed by atoms with Crippen molar-refractivity contribution in [1.29, 1.82) is 5.26 Å². The molecular weight excluding hydrogens is 284 g/mol. The van der Waals surface area contributed by atoms with E-state index in [2.05, 4.69) is 58.9 Å². The van der Waals surface area contributed by atoms with E-state index in [1.807, 2.05) is 12.1 Å². The molecule has 0 spiro atoms. The Morgan fingerprint density at radius 1 is 1.09 bits per heavy atom. The Labute approximate surface area is 138 Å². The van der Waals surface area contributed by atoms with Gasteiger partial charge in [-0.3, -0.25) is 4.79 Å². The van der Waals surface area contributed by atoms with E-state index in [-0.39, 0.29) is 16.5 Å². The minimum Gasteiger partial charge on any atom is -0.307 e. The van der Waals surface area contributed by atoms with Gasteiger partial charge in [-0.15, -0.1) is 0 Å². The SMILES string of the molecule is CC(C)Cn1c(-c2ccc(C(C)(C)C)cc2)ccc(C#N)c1=O. The van der Waals surface area contributed by atoms with Crippen LogP contribution in [0.5, 0.6) is 0 Å². The quantitative estimate of drug-likeness (QED) is 0.846. The molecule has 2 aromatic rings. The van der Waals surface area contributed by atoms with Crippen LogP contribution in [0.3, 0.4) is 0 Å². The van der Waals surface area contributed by atoms with E-state index in [4.69, 9.17) is 5.26 Å². The summed E-state index contributed by atoms with van der Waals surface area (Å²) in [4.78, 5) is 12.5. The third-order valence-corrected chi connectivity index (χ3v) is 3.89. The summed E-state index contributed by atoms with van der Waals surface area (Å²) in [5.41, 5.74) is 3.20. The fourth-order valence-electron chi connectivity index (χ4n) is 2.60. The molecule has 0 saturated carbocycles. The highest BCUT2D eigenvalue weighted by Gasteiger charge is 2.15. The summed E-state index contributed by atoms with van der Waals surface area (Å²) in [6.07, 6.45) is 0. The van der Waals surface area contributed by atoms with Gasteiger partial charge in [0, 0.05) is 6.54 Å². The number of benzene rings is 1. The van der Waals surface area contributed by atoms with Crippen molar-refractivity contribution >= 4 is 0 Å². The Kier molecular flexibility index (Phi) is 4.75. The van der Waals surface area contributed by atoms with Crippen LogP contribution >= 0.6 is 0 Å². The van der Waals surface area contributed by atoms with Crippen LogP contribution in [0.4, 0.5) is 0 Å². The minimum atomic E-state index is -0.210. The van der Waals surface area contributed by atoms with E-state index in [0.29, 0.717) is 12.5 Å². The fraction of sp³-hybridized carbons (Fsp3) is 0.400. The van der Waals surface area contributed by atoms with Gasteiger partial charge in [0.05, 0.1) is 5.69 Å². The first-order valence-corrected chi connectivity index (χ1v) is 7.99. The summed E-state index contributed by atoms with van der Waals surface area (Å²) in [5, 5.41) is 9.10. The first-order valence-electron chi connectivity index (χ1n) is 7.99. The van der Waals surface area contributed by atoms with Crippen LogP contribution in [0.25, 0.3) is 11.3 Å². The van der Waals surface area contributed by atoms with Gasteiger partial charge in [-0.25, -0.2) is 0 Å².